The number of halogens is 1. The Kier molecular flexibility index (Phi) is 7.17. The summed E-state index contributed by atoms with van der Waals surface area (Å²) in [5, 5.41) is 6.27. The first kappa shape index (κ1) is 19.6. The molecule has 1 aliphatic rings. The summed E-state index contributed by atoms with van der Waals surface area (Å²) in [7, 11) is 0. The van der Waals surface area contributed by atoms with E-state index >= 15 is 0 Å². The summed E-state index contributed by atoms with van der Waals surface area (Å²) in [5.74, 6) is 0.599. The zero-order valence-corrected chi connectivity index (χ0v) is 16.0. The van der Waals surface area contributed by atoms with Crippen molar-refractivity contribution in [2.75, 3.05) is 6.26 Å². The number of rotatable bonds is 6. The molecule has 1 aliphatic heterocycles. The number of nitrogens with one attached hydrogen (secondary N) is 2. The molecule has 1 heterocycles. The van der Waals surface area contributed by atoms with E-state index in [0.29, 0.717) is 12.3 Å². The highest BCUT2D eigenvalue weighted by molar-refractivity contribution is 7.98. The average molecular weight is 379 g/mol. The van der Waals surface area contributed by atoms with Crippen molar-refractivity contribution in [1.29, 1.82) is 0 Å². The van der Waals surface area contributed by atoms with Crippen LogP contribution in [0, 0.1) is 0 Å². The third kappa shape index (κ3) is 5.14. The molecule has 0 bridgehead atoms. The minimum Gasteiger partial charge on any atom is -0.481 e. The Labute approximate surface area is 159 Å². The van der Waals surface area contributed by atoms with E-state index < -0.39 is 6.10 Å². The van der Waals surface area contributed by atoms with Crippen molar-refractivity contribution in [3.8, 4) is 5.75 Å². The van der Waals surface area contributed by atoms with Crippen molar-refractivity contribution < 1.29 is 9.53 Å². The zero-order chi connectivity index (χ0) is 16.9. The quantitative estimate of drug-likeness (QED) is 0.755. The largest absolute Gasteiger partial charge is 0.481 e. The lowest BCUT2D eigenvalue weighted by Gasteiger charge is -2.15. The molecule has 134 valence electrons. The highest BCUT2D eigenvalue weighted by Gasteiger charge is 2.15. The normalized spacial score (nSPS) is 13.5. The fourth-order valence-corrected chi connectivity index (χ4v) is 3.11. The predicted octanol–water partition coefficient (Wildman–Crippen LogP) is 3.52. The van der Waals surface area contributed by atoms with Crippen molar-refractivity contribution in [2.24, 2.45) is 0 Å². The number of hydrogen-bond donors (Lipinski definition) is 2. The van der Waals surface area contributed by atoms with Crippen molar-refractivity contribution in [3.63, 3.8) is 0 Å². The molecule has 2 N–H and O–H groups in total. The van der Waals surface area contributed by atoms with Gasteiger partial charge in [0.2, 0.25) is 0 Å². The van der Waals surface area contributed by atoms with Gasteiger partial charge in [-0.15, -0.1) is 24.2 Å². The number of ether oxygens (including phenoxy) is 1. The lowest BCUT2D eigenvalue weighted by atomic mass is 10.1. The smallest absolute Gasteiger partial charge is 0.261 e. The number of amides is 1. The van der Waals surface area contributed by atoms with Crippen molar-refractivity contribution in [2.45, 2.75) is 37.6 Å². The van der Waals surface area contributed by atoms with E-state index in [0.717, 1.165) is 18.7 Å². The van der Waals surface area contributed by atoms with Crippen LogP contribution in [-0.4, -0.2) is 18.3 Å². The van der Waals surface area contributed by atoms with Crippen molar-refractivity contribution >= 4 is 30.1 Å². The molecule has 1 amide bonds. The molecular weight excluding hydrogens is 356 g/mol. The third-order valence-electron chi connectivity index (χ3n) is 4.11. The summed E-state index contributed by atoms with van der Waals surface area (Å²) in [6, 6.07) is 14.1. The van der Waals surface area contributed by atoms with E-state index in [1.54, 1.807) is 18.7 Å². The lowest BCUT2D eigenvalue weighted by Crippen LogP contribution is -2.35. The first-order chi connectivity index (χ1) is 11.7. The van der Waals surface area contributed by atoms with Gasteiger partial charge in [0, 0.05) is 24.5 Å². The molecule has 0 fully saturated rings. The number of carbonyl (C=O) groups is 1. The second kappa shape index (κ2) is 9.13. The van der Waals surface area contributed by atoms with Crippen LogP contribution in [0.25, 0.3) is 0 Å². The van der Waals surface area contributed by atoms with Crippen LogP contribution in [0.2, 0.25) is 0 Å². The Morgan fingerprint density at radius 1 is 1.20 bits per heavy atom. The third-order valence-corrected chi connectivity index (χ3v) is 4.85. The molecule has 0 saturated heterocycles. The summed E-state index contributed by atoms with van der Waals surface area (Å²) < 4.78 is 5.71. The van der Waals surface area contributed by atoms with E-state index in [4.69, 9.17) is 4.74 Å². The molecule has 2 aromatic carbocycles. The lowest BCUT2D eigenvalue weighted by molar-refractivity contribution is -0.127. The minimum atomic E-state index is -0.527. The molecule has 0 saturated carbocycles. The summed E-state index contributed by atoms with van der Waals surface area (Å²) >= 11 is 1.68. The maximum absolute atomic E-state index is 12.2. The molecule has 3 rings (SSSR count). The van der Waals surface area contributed by atoms with Crippen LogP contribution >= 0.6 is 24.2 Å². The zero-order valence-electron chi connectivity index (χ0n) is 14.4. The predicted molar refractivity (Wildman–Crippen MR) is 104 cm³/mol. The minimum absolute atomic E-state index is 0. The van der Waals surface area contributed by atoms with Gasteiger partial charge in [-0.25, -0.2) is 0 Å². The Morgan fingerprint density at radius 3 is 2.64 bits per heavy atom. The average Bonchev–Trinajstić information content (AvgIpc) is 3.08. The van der Waals surface area contributed by atoms with Gasteiger partial charge >= 0.3 is 0 Å². The van der Waals surface area contributed by atoms with E-state index in [9.17, 15) is 4.79 Å². The van der Waals surface area contributed by atoms with Crippen LogP contribution in [0.5, 0.6) is 5.75 Å². The van der Waals surface area contributed by atoms with Crippen LogP contribution in [-0.2, 0) is 24.4 Å². The molecule has 2 aromatic rings. The van der Waals surface area contributed by atoms with Crippen LogP contribution in [0.1, 0.15) is 23.6 Å². The van der Waals surface area contributed by atoms with Gasteiger partial charge in [-0.3, -0.25) is 4.79 Å². The summed E-state index contributed by atoms with van der Waals surface area (Å²) in [5.41, 5.74) is 3.78. The van der Waals surface area contributed by atoms with E-state index in [1.165, 1.54) is 16.0 Å². The molecule has 0 spiro atoms. The van der Waals surface area contributed by atoms with Crippen LogP contribution in [0.15, 0.2) is 47.4 Å². The molecule has 0 aliphatic carbocycles. The molecule has 1 unspecified atom stereocenters. The van der Waals surface area contributed by atoms with Crippen LogP contribution < -0.4 is 15.4 Å². The summed E-state index contributed by atoms with van der Waals surface area (Å²) in [6.07, 6.45) is 1.50. The summed E-state index contributed by atoms with van der Waals surface area (Å²) in [6.45, 7) is 4.13. The van der Waals surface area contributed by atoms with Gasteiger partial charge in [0.05, 0.1) is 0 Å². The summed E-state index contributed by atoms with van der Waals surface area (Å²) in [4.78, 5) is 13.4. The second-order valence-electron chi connectivity index (χ2n) is 5.86. The van der Waals surface area contributed by atoms with Gasteiger partial charge in [-0.2, -0.15) is 0 Å². The Morgan fingerprint density at radius 2 is 1.92 bits per heavy atom. The molecule has 25 heavy (non-hydrogen) atoms. The van der Waals surface area contributed by atoms with Gasteiger partial charge in [0.25, 0.3) is 5.91 Å². The van der Waals surface area contributed by atoms with Crippen LogP contribution in [0.4, 0.5) is 0 Å². The molecule has 6 heteroatoms. The molecular formula is C19H23ClN2O2S. The first-order valence-electron chi connectivity index (χ1n) is 8.05. The fraction of sp³-hybridized carbons (Fsp3) is 0.316. The van der Waals surface area contributed by atoms with Gasteiger partial charge in [0.1, 0.15) is 5.75 Å². The molecule has 4 nitrogen and oxygen atoms in total. The number of fused-ring (bicyclic) bond motifs is 1. The molecule has 1 atom stereocenters. The van der Waals surface area contributed by atoms with Gasteiger partial charge in [0.15, 0.2) is 6.10 Å². The Bertz CT molecular complexity index is 722. The van der Waals surface area contributed by atoms with Gasteiger partial charge in [-0.05, 0) is 54.1 Å². The second-order valence-corrected chi connectivity index (χ2v) is 6.74. The van der Waals surface area contributed by atoms with Gasteiger partial charge < -0.3 is 15.4 Å². The van der Waals surface area contributed by atoms with Crippen molar-refractivity contribution in [3.05, 3.63) is 59.2 Å². The van der Waals surface area contributed by atoms with E-state index in [-0.39, 0.29) is 18.3 Å². The highest BCUT2D eigenvalue weighted by atomic mass is 35.5. The maximum Gasteiger partial charge on any atom is 0.261 e. The maximum atomic E-state index is 12.2. The molecule has 0 radical (unpaired) electrons. The Balaban J connectivity index is 0.00000225. The first-order valence-corrected chi connectivity index (χ1v) is 9.28. The number of carbonyl (C=O) groups excluding carboxylic acids is 1. The monoisotopic (exact) mass is 378 g/mol. The van der Waals surface area contributed by atoms with E-state index in [1.807, 2.05) is 30.5 Å². The number of hydrogen-bond acceptors (Lipinski definition) is 4. The van der Waals surface area contributed by atoms with Crippen molar-refractivity contribution in [1.82, 2.24) is 10.6 Å². The Hall–Kier alpha value is -1.69. The van der Waals surface area contributed by atoms with Crippen LogP contribution in [0.3, 0.4) is 0 Å². The number of thioether (sulfide) groups is 1. The standard InChI is InChI=1S/C19H22N2O2S.ClH/c1-13(23-17-5-7-18(24-2)8-6-17)19(22)21-10-14-3-4-15-11-20-12-16(15)9-14;/h3-9,13,20H,10-12H2,1-2H3,(H,21,22);1H. The SMILES string of the molecule is CSc1ccc(OC(C)C(=O)NCc2ccc3c(c2)CNC3)cc1.Cl. The number of benzene rings is 2. The topological polar surface area (TPSA) is 50.4 Å². The van der Waals surface area contributed by atoms with Gasteiger partial charge in [-0.1, -0.05) is 18.2 Å². The van der Waals surface area contributed by atoms with E-state index in [2.05, 4.69) is 28.8 Å². The fourth-order valence-electron chi connectivity index (χ4n) is 2.70. The highest BCUT2D eigenvalue weighted by Crippen LogP contribution is 2.20. The molecule has 0 aromatic heterocycles.